The molecule has 1 aliphatic carbocycles. The maximum atomic E-state index is 13.9. The molecule has 0 spiro atoms. The maximum Gasteiger partial charge on any atom is 0.293 e. The lowest BCUT2D eigenvalue weighted by Gasteiger charge is -2.29. The Kier molecular flexibility index (Phi) is 10.9. The highest BCUT2D eigenvalue weighted by molar-refractivity contribution is 7.90. The van der Waals surface area contributed by atoms with Crippen molar-refractivity contribution < 1.29 is 27.6 Å². The standard InChI is InChI=1S/C45H43ClN6O7S/c46-39-24-32(51-19-3-6-41(51)37-5-2-1-4-35(37)29-7-8-29)10-13-36(39)30-9-12-38(43(23-30)59-33-22-31-15-18-47-44(31)49-27-33)45(53)50-60(56,57)34-11-14-40(42(25-34)52(54)55)48-26-28-16-20-58-21-17-28/h1-2,4-5,9-15,18,22-25,27-29,41,48H,3,6-8,16-17,19-21,26H2,(H,47,49)(H,50,53). The Morgan fingerprint density at radius 2 is 1.78 bits per heavy atom. The molecule has 2 aliphatic heterocycles. The number of amides is 1. The minimum atomic E-state index is -4.58. The molecule has 1 unspecified atom stereocenters. The number of aromatic nitrogens is 2. The predicted molar refractivity (Wildman–Crippen MR) is 231 cm³/mol. The fourth-order valence-corrected chi connectivity index (χ4v) is 9.65. The number of fused-ring (bicyclic) bond motifs is 1. The Bertz CT molecular complexity index is 2710. The van der Waals surface area contributed by atoms with Crippen molar-refractivity contribution in [3.05, 3.63) is 135 Å². The summed E-state index contributed by atoms with van der Waals surface area (Å²) < 4.78 is 41.1. The van der Waals surface area contributed by atoms with Crippen molar-refractivity contribution in [2.24, 2.45) is 5.92 Å². The summed E-state index contributed by atoms with van der Waals surface area (Å²) in [5, 5.41) is 16.4. The van der Waals surface area contributed by atoms with Crippen molar-refractivity contribution in [3.8, 4) is 22.6 Å². The molecule has 4 heterocycles. The zero-order valence-electron chi connectivity index (χ0n) is 32.6. The molecular formula is C45H43ClN6O7S. The van der Waals surface area contributed by atoms with E-state index in [1.54, 1.807) is 24.4 Å². The van der Waals surface area contributed by atoms with Crippen LogP contribution in [-0.2, 0) is 14.8 Å². The number of aromatic amines is 1. The van der Waals surface area contributed by atoms with E-state index in [1.807, 2.05) is 18.2 Å². The van der Waals surface area contributed by atoms with Gasteiger partial charge in [0.05, 0.1) is 32.6 Å². The third-order valence-electron chi connectivity index (χ3n) is 11.7. The summed E-state index contributed by atoms with van der Waals surface area (Å²) in [6, 6.07) is 26.9. The Morgan fingerprint density at radius 3 is 2.57 bits per heavy atom. The number of nitro groups is 1. The molecule has 3 aliphatic rings. The molecule has 308 valence electrons. The largest absolute Gasteiger partial charge is 0.455 e. The van der Waals surface area contributed by atoms with Gasteiger partial charge in [0.1, 0.15) is 22.8 Å². The second kappa shape index (κ2) is 16.6. The van der Waals surface area contributed by atoms with Crippen LogP contribution in [-0.4, -0.2) is 55.5 Å². The number of nitrogens with one attached hydrogen (secondary N) is 3. The van der Waals surface area contributed by atoms with E-state index in [1.165, 1.54) is 48.4 Å². The van der Waals surface area contributed by atoms with Crippen molar-refractivity contribution in [1.29, 1.82) is 0 Å². The van der Waals surface area contributed by atoms with Gasteiger partial charge in [0.15, 0.2) is 0 Å². The lowest BCUT2D eigenvalue weighted by molar-refractivity contribution is -0.384. The number of nitro benzene ring substituents is 1. The summed E-state index contributed by atoms with van der Waals surface area (Å²) in [5.74, 6) is 0.266. The van der Waals surface area contributed by atoms with Gasteiger partial charge < -0.3 is 24.7 Å². The minimum Gasteiger partial charge on any atom is -0.455 e. The molecule has 1 atom stereocenters. The van der Waals surface area contributed by atoms with Crippen LogP contribution < -0.4 is 19.7 Å². The number of anilines is 2. The first-order chi connectivity index (χ1) is 29.1. The van der Waals surface area contributed by atoms with Gasteiger partial charge in [0, 0.05) is 55.2 Å². The lowest BCUT2D eigenvalue weighted by atomic mass is 9.95. The first kappa shape index (κ1) is 39.5. The molecule has 9 rings (SSSR count). The Balaban J connectivity index is 0.997. The summed E-state index contributed by atoms with van der Waals surface area (Å²) in [5.41, 5.74) is 5.47. The lowest BCUT2D eigenvalue weighted by Crippen LogP contribution is -2.31. The van der Waals surface area contributed by atoms with Gasteiger partial charge in [0.25, 0.3) is 21.6 Å². The number of hydrogen-bond donors (Lipinski definition) is 3. The van der Waals surface area contributed by atoms with Gasteiger partial charge in [-0.1, -0.05) is 48.0 Å². The first-order valence-electron chi connectivity index (χ1n) is 20.2. The van der Waals surface area contributed by atoms with Gasteiger partial charge in [-0.05, 0) is 116 Å². The Hall–Kier alpha value is -5.96. The number of halogens is 1. The zero-order valence-corrected chi connectivity index (χ0v) is 34.2. The number of sulfonamides is 1. The molecule has 6 aromatic rings. The third-order valence-corrected chi connectivity index (χ3v) is 13.3. The highest BCUT2D eigenvalue weighted by Crippen LogP contribution is 2.47. The molecule has 1 saturated carbocycles. The van der Waals surface area contributed by atoms with Crippen molar-refractivity contribution in [1.82, 2.24) is 14.7 Å². The number of benzene rings is 4. The zero-order chi connectivity index (χ0) is 41.4. The molecule has 3 N–H and O–H groups in total. The van der Waals surface area contributed by atoms with Gasteiger partial charge in [-0.15, -0.1) is 0 Å². The van der Waals surface area contributed by atoms with Crippen LogP contribution in [0, 0.1) is 16.0 Å². The van der Waals surface area contributed by atoms with E-state index in [9.17, 15) is 23.3 Å². The highest BCUT2D eigenvalue weighted by Gasteiger charge is 2.33. The van der Waals surface area contributed by atoms with Crippen LogP contribution in [0.25, 0.3) is 22.2 Å². The number of hydrogen-bond acceptors (Lipinski definition) is 10. The number of rotatable bonds is 13. The number of nitrogens with zero attached hydrogens (tertiary/aromatic N) is 3. The van der Waals surface area contributed by atoms with Crippen LogP contribution in [0.15, 0.2) is 108 Å². The summed E-state index contributed by atoms with van der Waals surface area (Å²) in [7, 11) is -4.58. The molecule has 0 bridgehead atoms. The molecule has 0 radical (unpaired) electrons. The molecule has 13 nitrogen and oxygen atoms in total. The van der Waals surface area contributed by atoms with Gasteiger partial charge in [0.2, 0.25) is 0 Å². The first-order valence-corrected chi connectivity index (χ1v) is 22.0. The van der Waals surface area contributed by atoms with E-state index >= 15 is 0 Å². The van der Waals surface area contributed by atoms with Crippen LogP contribution in [0.2, 0.25) is 5.02 Å². The molecule has 15 heteroatoms. The molecule has 2 saturated heterocycles. The van der Waals surface area contributed by atoms with Crippen LogP contribution in [0.5, 0.6) is 11.5 Å². The Labute approximate surface area is 352 Å². The van der Waals surface area contributed by atoms with E-state index in [2.05, 4.69) is 55.2 Å². The predicted octanol–water partition coefficient (Wildman–Crippen LogP) is 9.76. The molecule has 60 heavy (non-hydrogen) atoms. The molecule has 3 fully saturated rings. The molecular weight excluding hydrogens is 804 g/mol. The smallest absolute Gasteiger partial charge is 0.293 e. The van der Waals surface area contributed by atoms with Crippen LogP contribution in [0.4, 0.5) is 17.1 Å². The van der Waals surface area contributed by atoms with Crippen molar-refractivity contribution in [2.75, 3.05) is 36.5 Å². The topological polar surface area (TPSA) is 169 Å². The van der Waals surface area contributed by atoms with Crippen molar-refractivity contribution in [3.63, 3.8) is 0 Å². The Morgan fingerprint density at radius 1 is 0.967 bits per heavy atom. The van der Waals surface area contributed by atoms with E-state index in [0.717, 1.165) is 49.4 Å². The maximum absolute atomic E-state index is 13.9. The fraction of sp³-hybridized carbons (Fsp3) is 0.289. The van der Waals surface area contributed by atoms with Gasteiger partial charge in [-0.25, -0.2) is 18.1 Å². The highest BCUT2D eigenvalue weighted by atomic mass is 35.5. The second-order valence-electron chi connectivity index (χ2n) is 15.6. The number of H-pyrrole nitrogens is 1. The van der Waals surface area contributed by atoms with E-state index < -0.39 is 31.4 Å². The van der Waals surface area contributed by atoms with Crippen LogP contribution in [0.1, 0.15) is 72.0 Å². The molecule has 2 aromatic heterocycles. The second-order valence-corrected chi connectivity index (χ2v) is 17.7. The summed E-state index contributed by atoms with van der Waals surface area (Å²) in [6.45, 7) is 2.63. The summed E-state index contributed by atoms with van der Waals surface area (Å²) in [6.07, 6.45) is 9.47. The van der Waals surface area contributed by atoms with Crippen LogP contribution >= 0.6 is 11.6 Å². The minimum absolute atomic E-state index is 0.0481. The normalized spacial score (nSPS) is 17.1. The third kappa shape index (κ3) is 8.27. The van der Waals surface area contributed by atoms with Gasteiger partial charge in [-0.3, -0.25) is 14.9 Å². The number of ether oxygens (including phenoxy) is 2. The number of carbonyl (C=O) groups is 1. The summed E-state index contributed by atoms with van der Waals surface area (Å²) in [4.78, 5) is 34.8. The molecule has 1 amide bonds. The van der Waals surface area contributed by atoms with E-state index in [-0.39, 0.29) is 29.0 Å². The SMILES string of the molecule is O=C(NS(=O)(=O)c1ccc(NCC2CCOCC2)c([N+](=O)[O-])c1)c1ccc(-c2ccc(N3CCCC3c3ccccc3C3CC3)cc2Cl)cc1Oc1cnc2[nH]ccc2c1. The fourth-order valence-electron chi connectivity index (χ4n) is 8.38. The monoisotopic (exact) mass is 846 g/mol. The van der Waals surface area contributed by atoms with Crippen molar-refractivity contribution >= 4 is 55.6 Å². The van der Waals surface area contributed by atoms with Gasteiger partial charge >= 0.3 is 0 Å². The summed E-state index contributed by atoms with van der Waals surface area (Å²) >= 11 is 7.06. The average molecular weight is 847 g/mol. The quantitative estimate of drug-likeness (QED) is 0.0752. The van der Waals surface area contributed by atoms with Gasteiger partial charge in [-0.2, -0.15) is 0 Å². The van der Waals surface area contributed by atoms with E-state index in [0.29, 0.717) is 53.2 Å². The number of carbonyl (C=O) groups excluding carboxylic acids is 1. The van der Waals surface area contributed by atoms with E-state index in [4.69, 9.17) is 21.1 Å². The number of pyridine rings is 1. The molecule has 4 aromatic carbocycles. The van der Waals surface area contributed by atoms with Crippen LogP contribution in [0.3, 0.4) is 0 Å². The van der Waals surface area contributed by atoms with Crippen molar-refractivity contribution in [2.45, 2.75) is 55.4 Å². The average Bonchev–Trinajstić information content (AvgIpc) is 3.79.